The Morgan fingerprint density at radius 1 is 1.28 bits per heavy atom. The second-order valence-corrected chi connectivity index (χ2v) is 4.87. The highest BCUT2D eigenvalue weighted by Gasteiger charge is 2.16. The lowest BCUT2D eigenvalue weighted by atomic mass is 10.0. The Hall–Kier alpha value is -1.90. The number of imidazole rings is 1. The minimum absolute atomic E-state index is 0.757. The molecule has 0 radical (unpaired) electrons. The van der Waals surface area contributed by atoms with Crippen LogP contribution in [0.15, 0.2) is 24.5 Å². The molecule has 1 aliphatic rings. The molecule has 3 heteroatoms. The van der Waals surface area contributed by atoms with Crippen molar-refractivity contribution < 1.29 is 4.79 Å². The maximum atomic E-state index is 10.8. The lowest BCUT2D eigenvalue weighted by Crippen LogP contribution is -2.07. The third-order valence-electron chi connectivity index (χ3n) is 3.69. The van der Waals surface area contributed by atoms with E-state index in [0.717, 1.165) is 35.9 Å². The van der Waals surface area contributed by atoms with E-state index in [2.05, 4.69) is 15.6 Å². The molecule has 0 bridgehead atoms. The van der Waals surface area contributed by atoms with Crippen molar-refractivity contribution in [2.24, 2.45) is 0 Å². The van der Waals surface area contributed by atoms with E-state index >= 15 is 0 Å². The zero-order chi connectivity index (χ0) is 12.5. The number of benzene rings is 1. The first kappa shape index (κ1) is 11.2. The largest absolute Gasteiger partial charge is 0.303 e. The van der Waals surface area contributed by atoms with Crippen molar-refractivity contribution in [3.8, 4) is 5.69 Å². The third-order valence-corrected chi connectivity index (χ3v) is 3.69. The van der Waals surface area contributed by atoms with Crippen LogP contribution in [-0.4, -0.2) is 15.8 Å². The summed E-state index contributed by atoms with van der Waals surface area (Å²) in [5.41, 5.74) is 5.44. The highest BCUT2D eigenvalue weighted by atomic mass is 16.1. The number of aromatic nitrogens is 2. The number of nitrogens with zero attached hydrogens (tertiary/aromatic N) is 2. The van der Waals surface area contributed by atoms with Gasteiger partial charge in [0.05, 0.1) is 12.0 Å². The maximum Gasteiger partial charge on any atom is 0.150 e. The first-order valence-electron chi connectivity index (χ1n) is 6.41. The molecule has 0 N–H and O–H groups in total. The van der Waals surface area contributed by atoms with E-state index < -0.39 is 0 Å². The van der Waals surface area contributed by atoms with E-state index in [0.29, 0.717) is 0 Å². The topological polar surface area (TPSA) is 34.9 Å². The summed E-state index contributed by atoms with van der Waals surface area (Å²) in [7, 11) is 0. The van der Waals surface area contributed by atoms with Crippen molar-refractivity contribution in [2.75, 3.05) is 0 Å². The molecule has 3 nitrogen and oxygen atoms in total. The van der Waals surface area contributed by atoms with Gasteiger partial charge in [0.2, 0.25) is 0 Å². The van der Waals surface area contributed by atoms with Crippen molar-refractivity contribution >= 4 is 6.29 Å². The van der Waals surface area contributed by atoms with E-state index in [1.54, 1.807) is 0 Å². The fourth-order valence-electron chi connectivity index (χ4n) is 2.63. The molecule has 0 unspecified atom stereocenters. The summed E-state index contributed by atoms with van der Waals surface area (Å²) in [5, 5.41) is 0. The van der Waals surface area contributed by atoms with Gasteiger partial charge in [-0.1, -0.05) is 0 Å². The summed E-state index contributed by atoms with van der Waals surface area (Å²) in [4.78, 5) is 15.3. The molecule has 92 valence electrons. The summed E-state index contributed by atoms with van der Waals surface area (Å²) in [6, 6.07) is 5.93. The quantitative estimate of drug-likeness (QED) is 0.756. The van der Waals surface area contributed by atoms with Crippen molar-refractivity contribution in [3.05, 3.63) is 47.0 Å². The van der Waals surface area contributed by atoms with Crippen LogP contribution in [0.3, 0.4) is 0 Å². The zero-order valence-electron chi connectivity index (χ0n) is 10.5. The van der Waals surface area contributed by atoms with Gasteiger partial charge in [0, 0.05) is 16.9 Å². The molecule has 2 aromatic rings. The number of rotatable bonds is 2. The summed E-state index contributed by atoms with van der Waals surface area (Å²) < 4.78 is 2.16. The van der Waals surface area contributed by atoms with Gasteiger partial charge in [0.1, 0.15) is 6.29 Å². The van der Waals surface area contributed by atoms with Gasteiger partial charge >= 0.3 is 0 Å². The Bertz CT molecular complexity index is 599. The molecule has 0 amide bonds. The lowest BCUT2D eigenvalue weighted by molar-refractivity contribution is 0.112. The van der Waals surface area contributed by atoms with Gasteiger partial charge in [-0.2, -0.15) is 0 Å². The average Bonchev–Trinajstić information content (AvgIpc) is 2.82. The van der Waals surface area contributed by atoms with Crippen molar-refractivity contribution in [3.63, 3.8) is 0 Å². The number of aldehydes is 1. The van der Waals surface area contributed by atoms with E-state index in [9.17, 15) is 4.79 Å². The summed E-state index contributed by atoms with van der Waals surface area (Å²) in [6.45, 7) is 1.97. The molecule has 0 saturated heterocycles. The van der Waals surface area contributed by atoms with Gasteiger partial charge in [-0.25, -0.2) is 4.98 Å². The summed E-state index contributed by atoms with van der Waals surface area (Å²) in [6.07, 6.45) is 7.49. The van der Waals surface area contributed by atoms with Crippen LogP contribution in [-0.2, 0) is 12.8 Å². The first-order chi connectivity index (χ1) is 8.79. The van der Waals surface area contributed by atoms with E-state index in [1.807, 2.05) is 25.4 Å². The Balaban J connectivity index is 2.07. The molecule has 0 spiro atoms. The summed E-state index contributed by atoms with van der Waals surface area (Å²) >= 11 is 0. The molecule has 3 rings (SSSR count). The van der Waals surface area contributed by atoms with Gasteiger partial charge in [-0.05, 0) is 56.4 Å². The molecule has 0 aliphatic heterocycles. The van der Waals surface area contributed by atoms with Gasteiger partial charge < -0.3 is 4.57 Å². The molecular weight excluding hydrogens is 224 g/mol. The maximum absolute atomic E-state index is 10.8. The van der Waals surface area contributed by atoms with Crippen LogP contribution in [0.1, 0.15) is 40.2 Å². The monoisotopic (exact) mass is 240 g/mol. The van der Waals surface area contributed by atoms with Crippen LogP contribution in [0.5, 0.6) is 0 Å². The molecule has 1 aromatic carbocycles. The predicted molar refractivity (Wildman–Crippen MR) is 70.3 cm³/mol. The molecule has 0 saturated carbocycles. The Morgan fingerprint density at radius 2 is 2.11 bits per heavy atom. The van der Waals surface area contributed by atoms with Gasteiger partial charge in [-0.15, -0.1) is 0 Å². The molecule has 1 aliphatic carbocycles. The number of fused-ring (bicyclic) bond motifs is 1. The van der Waals surface area contributed by atoms with Gasteiger partial charge in [0.25, 0.3) is 0 Å². The van der Waals surface area contributed by atoms with Crippen LogP contribution in [0, 0.1) is 6.92 Å². The molecular formula is C15H16N2O. The fraction of sp³-hybridized carbons (Fsp3) is 0.333. The van der Waals surface area contributed by atoms with Crippen LogP contribution in [0.4, 0.5) is 0 Å². The second-order valence-electron chi connectivity index (χ2n) is 4.87. The minimum Gasteiger partial charge on any atom is -0.303 e. The second kappa shape index (κ2) is 4.41. The summed E-state index contributed by atoms with van der Waals surface area (Å²) in [5.74, 6) is 0. The Morgan fingerprint density at radius 3 is 2.89 bits per heavy atom. The minimum atomic E-state index is 0.757. The highest BCUT2D eigenvalue weighted by Crippen LogP contribution is 2.23. The molecule has 1 aromatic heterocycles. The van der Waals surface area contributed by atoms with Crippen molar-refractivity contribution in [1.29, 1.82) is 0 Å². The van der Waals surface area contributed by atoms with Gasteiger partial charge in [-0.3, -0.25) is 4.79 Å². The van der Waals surface area contributed by atoms with E-state index in [-0.39, 0.29) is 0 Å². The predicted octanol–water partition coefficient (Wildman–Crippen LogP) is 2.87. The lowest BCUT2D eigenvalue weighted by Gasteiger charge is -2.14. The normalized spacial score (nSPS) is 14.3. The van der Waals surface area contributed by atoms with Crippen LogP contribution in [0.2, 0.25) is 0 Å². The molecule has 1 heterocycles. The van der Waals surface area contributed by atoms with E-state index in [1.165, 1.54) is 24.2 Å². The van der Waals surface area contributed by atoms with Crippen LogP contribution < -0.4 is 0 Å². The number of hydrogen-bond donors (Lipinski definition) is 0. The number of carbonyl (C=O) groups is 1. The highest BCUT2D eigenvalue weighted by molar-refractivity contribution is 5.77. The molecule has 0 fully saturated rings. The number of hydrogen-bond acceptors (Lipinski definition) is 2. The van der Waals surface area contributed by atoms with Crippen LogP contribution >= 0.6 is 0 Å². The zero-order valence-corrected chi connectivity index (χ0v) is 10.5. The number of aryl methyl sites for hydroxylation is 2. The SMILES string of the molecule is Cc1cc(-n2cnc3c2CCCC3)ccc1C=O. The standard InChI is InChI=1S/C15H16N2O/c1-11-8-13(7-6-12(11)9-18)17-10-16-14-4-2-3-5-15(14)17/h6-10H,2-5H2,1H3. The molecule has 0 atom stereocenters. The number of carbonyl (C=O) groups excluding carboxylic acids is 1. The third kappa shape index (κ3) is 1.76. The van der Waals surface area contributed by atoms with Crippen molar-refractivity contribution in [2.45, 2.75) is 32.6 Å². The smallest absolute Gasteiger partial charge is 0.150 e. The average molecular weight is 240 g/mol. The Labute approximate surface area is 106 Å². The first-order valence-corrected chi connectivity index (χ1v) is 6.41. The van der Waals surface area contributed by atoms with E-state index in [4.69, 9.17) is 0 Å². The molecule has 18 heavy (non-hydrogen) atoms. The Kier molecular flexibility index (Phi) is 2.74. The van der Waals surface area contributed by atoms with Crippen LogP contribution in [0.25, 0.3) is 5.69 Å². The van der Waals surface area contributed by atoms with Crippen molar-refractivity contribution in [1.82, 2.24) is 9.55 Å². The van der Waals surface area contributed by atoms with Gasteiger partial charge in [0.15, 0.2) is 0 Å². The fourth-order valence-corrected chi connectivity index (χ4v) is 2.63.